The minimum atomic E-state index is -0.615. The second kappa shape index (κ2) is 9.33. The Hall–Kier alpha value is -4.85. The van der Waals surface area contributed by atoms with Crippen LogP contribution in [0.4, 0.5) is 0 Å². The van der Waals surface area contributed by atoms with E-state index in [4.69, 9.17) is 0 Å². The van der Waals surface area contributed by atoms with Crippen molar-refractivity contribution in [2.24, 2.45) is 0 Å². The molecule has 34 heavy (non-hydrogen) atoms. The normalized spacial score (nSPS) is 10.7. The van der Waals surface area contributed by atoms with E-state index in [0.29, 0.717) is 5.82 Å². The Kier molecular flexibility index (Phi) is 5.77. The van der Waals surface area contributed by atoms with Gasteiger partial charge < -0.3 is 0 Å². The van der Waals surface area contributed by atoms with Crippen LogP contribution in [0.25, 0.3) is 28.0 Å². The molecule has 8 heteroatoms. The van der Waals surface area contributed by atoms with E-state index in [1.807, 2.05) is 91.0 Å². The third-order valence-corrected chi connectivity index (χ3v) is 5.23. The number of hydrazine groups is 1. The molecule has 0 aliphatic rings. The van der Waals surface area contributed by atoms with Gasteiger partial charge in [0.25, 0.3) is 0 Å². The first-order valence-corrected chi connectivity index (χ1v) is 10.7. The maximum atomic E-state index is 12.8. The smallest absolute Gasteiger partial charge is 0.273 e. The van der Waals surface area contributed by atoms with Crippen molar-refractivity contribution >= 4 is 22.7 Å². The van der Waals surface area contributed by atoms with Gasteiger partial charge in [0.1, 0.15) is 0 Å². The van der Waals surface area contributed by atoms with Gasteiger partial charge in [-0.25, -0.2) is 9.67 Å². The Bertz CT molecular complexity index is 1400. The summed E-state index contributed by atoms with van der Waals surface area (Å²) in [6.45, 7) is 0. The van der Waals surface area contributed by atoms with Gasteiger partial charge in [-0.2, -0.15) is 0 Å². The lowest BCUT2D eigenvalue weighted by Gasteiger charge is -2.07. The van der Waals surface area contributed by atoms with E-state index in [0.717, 1.165) is 27.7 Å². The van der Waals surface area contributed by atoms with Gasteiger partial charge in [-0.15, -0.1) is 5.10 Å². The molecule has 3 aromatic carbocycles. The maximum absolute atomic E-state index is 12.8. The van der Waals surface area contributed by atoms with E-state index < -0.39 is 5.91 Å². The number of carbonyl (C=O) groups excluding carboxylic acids is 2. The van der Waals surface area contributed by atoms with Crippen molar-refractivity contribution in [1.29, 1.82) is 0 Å². The molecule has 8 nitrogen and oxygen atoms in total. The Morgan fingerprint density at radius 3 is 2.32 bits per heavy atom. The van der Waals surface area contributed by atoms with Crippen molar-refractivity contribution in [3.05, 3.63) is 109 Å². The largest absolute Gasteiger partial charge is 0.309 e. The quantitative estimate of drug-likeness (QED) is 0.401. The van der Waals surface area contributed by atoms with Crippen LogP contribution < -0.4 is 10.9 Å². The van der Waals surface area contributed by atoms with E-state index in [9.17, 15) is 9.59 Å². The molecule has 0 saturated heterocycles. The molecule has 5 aromatic rings. The summed E-state index contributed by atoms with van der Waals surface area (Å²) in [6.07, 6.45) is 1.75. The summed E-state index contributed by atoms with van der Waals surface area (Å²) in [7, 11) is 0. The Balaban J connectivity index is 1.34. The van der Waals surface area contributed by atoms with Crippen molar-refractivity contribution in [2.75, 3.05) is 0 Å². The Labute approximate surface area is 195 Å². The predicted molar refractivity (Wildman–Crippen MR) is 128 cm³/mol. The first-order chi connectivity index (χ1) is 16.7. The molecule has 0 atom stereocenters. The molecule has 2 amide bonds. The first kappa shape index (κ1) is 21.0. The number of carbonyl (C=O) groups is 2. The lowest BCUT2D eigenvalue weighted by molar-refractivity contribution is -0.121. The molecule has 0 radical (unpaired) electrons. The minimum Gasteiger partial charge on any atom is -0.273 e. The second-order valence-electron chi connectivity index (χ2n) is 7.54. The summed E-state index contributed by atoms with van der Waals surface area (Å²) < 4.78 is 1.61. The highest BCUT2D eigenvalue weighted by molar-refractivity contribution is 5.93. The van der Waals surface area contributed by atoms with Crippen LogP contribution in [0, 0.1) is 0 Å². The molecule has 5 rings (SSSR count). The monoisotopic (exact) mass is 448 g/mol. The summed E-state index contributed by atoms with van der Waals surface area (Å²) >= 11 is 0. The van der Waals surface area contributed by atoms with Gasteiger partial charge in [-0.05, 0) is 23.8 Å². The molecule has 2 aromatic heterocycles. The second-order valence-corrected chi connectivity index (χ2v) is 7.54. The van der Waals surface area contributed by atoms with E-state index >= 15 is 0 Å². The van der Waals surface area contributed by atoms with Gasteiger partial charge in [0.05, 0.1) is 17.6 Å². The molecule has 0 spiro atoms. The summed E-state index contributed by atoms with van der Waals surface area (Å²) in [6, 6.07) is 28.3. The number of aromatic nitrogens is 4. The molecule has 2 heterocycles. The standard InChI is InChI=1S/C26H20N6O2/c33-22(17-20-12-7-11-18-13-8-16-27-23(18)20)29-30-26(34)24-28-25(19-9-3-1-4-10-19)32(31-24)21-14-5-2-6-15-21/h1-16H,17H2,(H,29,33)(H,30,34). The van der Waals surface area contributed by atoms with Crippen LogP contribution in [0.2, 0.25) is 0 Å². The van der Waals surface area contributed by atoms with E-state index in [2.05, 4.69) is 25.9 Å². The molecule has 0 bridgehead atoms. The highest BCUT2D eigenvalue weighted by Gasteiger charge is 2.19. The fourth-order valence-electron chi connectivity index (χ4n) is 3.64. The molecule has 2 N–H and O–H groups in total. The van der Waals surface area contributed by atoms with Crippen LogP contribution in [-0.2, 0) is 11.2 Å². The predicted octanol–water partition coefficient (Wildman–Crippen LogP) is 3.49. The van der Waals surface area contributed by atoms with Gasteiger partial charge in [-0.3, -0.25) is 25.4 Å². The number of fused-ring (bicyclic) bond motifs is 1. The molecule has 0 aliphatic heterocycles. The Morgan fingerprint density at radius 1 is 0.794 bits per heavy atom. The zero-order chi connectivity index (χ0) is 23.3. The lowest BCUT2D eigenvalue weighted by atomic mass is 10.1. The molecule has 0 fully saturated rings. The van der Waals surface area contributed by atoms with Crippen molar-refractivity contribution in [3.8, 4) is 17.1 Å². The van der Waals surface area contributed by atoms with Gasteiger partial charge >= 0.3 is 5.91 Å². The van der Waals surface area contributed by atoms with Crippen molar-refractivity contribution in [3.63, 3.8) is 0 Å². The summed E-state index contributed by atoms with van der Waals surface area (Å²) in [5, 5.41) is 5.34. The summed E-state index contributed by atoms with van der Waals surface area (Å²) in [4.78, 5) is 34.1. The number of benzene rings is 3. The number of nitrogens with one attached hydrogen (secondary N) is 2. The number of hydrogen-bond acceptors (Lipinski definition) is 5. The van der Waals surface area contributed by atoms with Crippen LogP contribution in [0.3, 0.4) is 0 Å². The van der Waals surface area contributed by atoms with Crippen molar-refractivity contribution in [1.82, 2.24) is 30.6 Å². The van der Waals surface area contributed by atoms with Crippen molar-refractivity contribution < 1.29 is 9.59 Å². The fourth-order valence-corrected chi connectivity index (χ4v) is 3.64. The van der Waals surface area contributed by atoms with Crippen LogP contribution >= 0.6 is 0 Å². The van der Waals surface area contributed by atoms with E-state index in [1.165, 1.54) is 0 Å². The maximum Gasteiger partial charge on any atom is 0.309 e. The van der Waals surface area contributed by atoms with Crippen LogP contribution in [0.5, 0.6) is 0 Å². The number of rotatable bonds is 5. The van der Waals surface area contributed by atoms with Gasteiger partial charge in [0.15, 0.2) is 5.82 Å². The highest BCUT2D eigenvalue weighted by atomic mass is 16.2. The average Bonchev–Trinajstić information content (AvgIpc) is 3.34. The van der Waals surface area contributed by atoms with Crippen molar-refractivity contribution in [2.45, 2.75) is 6.42 Å². The summed E-state index contributed by atoms with van der Waals surface area (Å²) in [5.41, 5.74) is 7.95. The third-order valence-electron chi connectivity index (χ3n) is 5.23. The first-order valence-electron chi connectivity index (χ1n) is 10.7. The zero-order valence-electron chi connectivity index (χ0n) is 18.1. The number of para-hydroxylation sites is 2. The number of nitrogens with zero attached hydrogens (tertiary/aromatic N) is 4. The Morgan fingerprint density at radius 2 is 1.53 bits per heavy atom. The topological polar surface area (TPSA) is 102 Å². The highest BCUT2D eigenvalue weighted by Crippen LogP contribution is 2.21. The van der Waals surface area contributed by atoms with Crippen LogP contribution in [-0.4, -0.2) is 31.6 Å². The molecular formula is C26H20N6O2. The zero-order valence-corrected chi connectivity index (χ0v) is 18.1. The lowest BCUT2D eigenvalue weighted by Crippen LogP contribution is -2.42. The van der Waals surface area contributed by atoms with E-state index in [1.54, 1.807) is 10.9 Å². The van der Waals surface area contributed by atoms with Gasteiger partial charge in [-0.1, -0.05) is 72.8 Å². The molecular weight excluding hydrogens is 428 g/mol. The minimum absolute atomic E-state index is 0.0603. The van der Waals surface area contributed by atoms with Gasteiger partial charge in [0.2, 0.25) is 11.7 Å². The molecule has 0 aliphatic carbocycles. The van der Waals surface area contributed by atoms with Gasteiger partial charge in [0, 0.05) is 17.1 Å². The SMILES string of the molecule is O=C(Cc1cccc2cccnc12)NNC(=O)c1nc(-c2ccccc2)n(-c2ccccc2)n1. The fraction of sp³-hybridized carbons (Fsp3) is 0.0385. The third kappa shape index (κ3) is 4.37. The van der Waals surface area contributed by atoms with Crippen LogP contribution in [0.1, 0.15) is 16.2 Å². The molecule has 0 unspecified atom stereocenters. The number of hydrogen-bond donors (Lipinski definition) is 2. The molecule has 166 valence electrons. The van der Waals surface area contributed by atoms with Crippen LogP contribution in [0.15, 0.2) is 97.2 Å². The number of amides is 2. The summed E-state index contributed by atoms with van der Waals surface area (Å²) in [5.74, 6) is -0.534. The van der Waals surface area contributed by atoms with E-state index in [-0.39, 0.29) is 18.2 Å². The molecule has 0 saturated carbocycles. The average molecular weight is 448 g/mol. The number of pyridine rings is 1.